The predicted molar refractivity (Wildman–Crippen MR) is 79.7 cm³/mol. The topological polar surface area (TPSA) is 57.6 Å². The Labute approximate surface area is 126 Å². The zero-order valence-corrected chi connectivity index (χ0v) is 13.0. The third kappa shape index (κ3) is 2.82. The SMILES string of the molecule is CCC1CCC(C(=O)N2CCC3(CC2)CC3C(=O)O)CC1. The molecule has 4 nitrogen and oxygen atoms in total. The number of carbonyl (C=O) groups excluding carboxylic acids is 1. The van der Waals surface area contributed by atoms with Crippen LogP contribution in [0.2, 0.25) is 0 Å². The molecule has 118 valence electrons. The van der Waals surface area contributed by atoms with Crippen LogP contribution in [0.25, 0.3) is 0 Å². The molecule has 2 aliphatic carbocycles. The van der Waals surface area contributed by atoms with Crippen LogP contribution in [0, 0.1) is 23.2 Å². The lowest BCUT2D eigenvalue weighted by atomic mass is 9.80. The van der Waals surface area contributed by atoms with E-state index in [9.17, 15) is 9.59 Å². The lowest BCUT2D eigenvalue weighted by molar-refractivity contribution is -0.140. The lowest BCUT2D eigenvalue weighted by Gasteiger charge is -2.36. The van der Waals surface area contributed by atoms with Crippen LogP contribution < -0.4 is 0 Å². The van der Waals surface area contributed by atoms with Crippen molar-refractivity contribution in [1.29, 1.82) is 0 Å². The Kier molecular flexibility index (Phi) is 3.98. The maximum Gasteiger partial charge on any atom is 0.307 e. The molecule has 0 aromatic heterocycles. The van der Waals surface area contributed by atoms with Crippen molar-refractivity contribution in [1.82, 2.24) is 4.90 Å². The minimum absolute atomic E-state index is 0.0302. The van der Waals surface area contributed by atoms with Crippen molar-refractivity contribution in [3.05, 3.63) is 0 Å². The van der Waals surface area contributed by atoms with E-state index >= 15 is 0 Å². The fourth-order valence-electron chi connectivity index (χ4n) is 4.50. The molecular weight excluding hydrogens is 266 g/mol. The molecule has 3 aliphatic rings. The molecule has 2 saturated carbocycles. The van der Waals surface area contributed by atoms with Crippen LogP contribution >= 0.6 is 0 Å². The normalized spacial score (nSPS) is 34.7. The van der Waals surface area contributed by atoms with Gasteiger partial charge in [0.2, 0.25) is 5.91 Å². The first-order chi connectivity index (χ1) is 10.1. The Morgan fingerprint density at radius 3 is 2.24 bits per heavy atom. The van der Waals surface area contributed by atoms with Crippen molar-refractivity contribution in [2.45, 2.75) is 58.3 Å². The zero-order valence-electron chi connectivity index (χ0n) is 13.0. The molecule has 1 aliphatic heterocycles. The van der Waals surface area contributed by atoms with Gasteiger partial charge in [0.05, 0.1) is 5.92 Å². The lowest BCUT2D eigenvalue weighted by Crippen LogP contribution is -2.43. The van der Waals surface area contributed by atoms with Gasteiger partial charge in [-0.05, 0) is 56.3 Å². The van der Waals surface area contributed by atoms with Gasteiger partial charge in [0.1, 0.15) is 0 Å². The second-order valence-corrected chi connectivity index (χ2v) is 7.41. The van der Waals surface area contributed by atoms with Crippen molar-refractivity contribution in [3.8, 4) is 0 Å². The van der Waals surface area contributed by atoms with Gasteiger partial charge in [0.15, 0.2) is 0 Å². The number of amides is 1. The van der Waals surface area contributed by atoms with Gasteiger partial charge in [-0.15, -0.1) is 0 Å². The quantitative estimate of drug-likeness (QED) is 0.870. The first-order valence-corrected chi connectivity index (χ1v) is 8.57. The highest BCUT2D eigenvalue weighted by molar-refractivity contribution is 5.79. The molecule has 3 rings (SSSR count). The van der Waals surface area contributed by atoms with Crippen molar-refractivity contribution in [2.24, 2.45) is 23.2 Å². The number of likely N-dealkylation sites (tertiary alicyclic amines) is 1. The molecule has 0 aromatic rings. The smallest absolute Gasteiger partial charge is 0.307 e. The predicted octanol–water partition coefficient (Wildman–Crippen LogP) is 2.92. The number of aliphatic carboxylic acids is 1. The highest BCUT2D eigenvalue weighted by Crippen LogP contribution is 2.59. The van der Waals surface area contributed by atoms with Crippen molar-refractivity contribution < 1.29 is 14.7 Å². The highest BCUT2D eigenvalue weighted by atomic mass is 16.4. The number of piperidine rings is 1. The summed E-state index contributed by atoms with van der Waals surface area (Å²) in [7, 11) is 0. The molecule has 3 fully saturated rings. The van der Waals surface area contributed by atoms with E-state index in [0.29, 0.717) is 5.91 Å². The van der Waals surface area contributed by atoms with Crippen LogP contribution in [0.4, 0.5) is 0 Å². The second kappa shape index (κ2) is 5.62. The van der Waals surface area contributed by atoms with Crippen LogP contribution in [-0.2, 0) is 9.59 Å². The van der Waals surface area contributed by atoms with Gasteiger partial charge in [-0.2, -0.15) is 0 Å². The standard InChI is InChI=1S/C17H27NO3/c1-2-12-3-5-13(6-4-12)15(19)18-9-7-17(8-10-18)11-14(17)16(20)21/h12-14H,2-11H2,1H3,(H,20,21). The molecule has 1 saturated heterocycles. The zero-order chi connectivity index (χ0) is 15.0. The van der Waals surface area contributed by atoms with Crippen molar-refractivity contribution >= 4 is 11.9 Å². The Balaban J connectivity index is 1.49. The van der Waals surface area contributed by atoms with E-state index in [4.69, 9.17) is 5.11 Å². The van der Waals surface area contributed by atoms with E-state index in [0.717, 1.165) is 51.1 Å². The number of carbonyl (C=O) groups is 2. The number of carboxylic acids is 1. The van der Waals surface area contributed by atoms with Crippen LogP contribution in [0.5, 0.6) is 0 Å². The Hall–Kier alpha value is -1.06. The van der Waals surface area contributed by atoms with Gasteiger partial charge in [-0.3, -0.25) is 9.59 Å². The number of hydrogen-bond acceptors (Lipinski definition) is 2. The van der Waals surface area contributed by atoms with E-state index in [1.54, 1.807) is 0 Å². The van der Waals surface area contributed by atoms with Crippen molar-refractivity contribution in [3.63, 3.8) is 0 Å². The Morgan fingerprint density at radius 1 is 1.14 bits per heavy atom. The average molecular weight is 293 g/mol. The molecular formula is C17H27NO3. The molecule has 1 amide bonds. The first-order valence-electron chi connectivity index (χ1n) is 8.57. The summed E-state index contributed by atoms with van der Waals surface area (Å²) in [5.74, 6) is 0.604. The van der Waals surface area contributed by atoms with Gasteiger partial charge >= 0.3 is 5.97 Å². The third-order valence-corrected chi connectivity index (χ3v) is 6.33. The van der Waals surface area contributed by atoms with Gasteiger partial charge in [-0.25, -0.2) is 0 Å². The fourth-order valence-corrected chi connectivity index (χ4v) is 4.50. The van der Waals surface area contributed by atoms with Gasteiger partial charge in [-0.1, -0.05) is 13.3 Å². The Morgan fingerprint density at radius 2 is 1.76 bits per heavy atom. The summed E-state index contributed by atoms with van der Waals surface area (Å²) >= 11 is 0. The average Bonchev–Trinajstić information content (AvgIpc) is 3.21. The summed E-state index contributed by atoms with van der Waals surface area (Å²) in [6.45, 7) is 3.79. The summed E-state index contributed by atoms with van der Waals surface area (Å²) in [6.07, 6.45) is 8.35. The molecule has 0 bridgehead atoms. The molecule has 1 atom stereocenters. The van der Waals surface area contributed by atoms with Crippen LogP contribution in [0.3, 0.4) is 0 Å². The maximum absolute atomic E-state index is 12.6. The molecule has 0 radical (unpaired) electrons. The van der Waals surface area contributed by atoms with Gasteiger partial charge in [0, 0.05) is 19.0 Å². The summed E-state index contributed by atoms with van der Waals surface area (Å²) in [4.78, 5) is 25.7. The number of carboxylic acid groups (broad SMARTS) is 1. The molecule has 0 aromatic carbocycles. The molecule has 4 heteroatoms. The number of nitrogens with zero attached hydrogens (tertiary/aromatic N) is 1. The molecule has 21 heavy (non-hydrogen) atoms. The van der Waals surface area contributed by atoms with Crippen LogP contribution in [0.1, 0.15) is 58.3 Å². The summed E-state index contributed by atoms with van der Waals surface area (Å²) in [5, 5.41) is 9.12. The van der Waals surface area contributed by atoms with E-state index < -0.39 is 5.97 Å². The second-order valence-electron chi connectivity index (χ2n) is 7.41. The highest BCUT2D eigenvalue weighted by Gasteiger charge is 2.59. The minimum atomic E-state index is -0.646. The summed E-state index contributed by atoms with van der Waals surface area (Å²) in [5.41, 5.74) is 0.0302. The van der Waals surface area contributed by atoms with E-state index in [1.807, 2.05) is 4.90 Å². The maximum atomic E-state index is 12.6. The van der Waals surface area contributed by atoms with Gasteiger partial charge < -0.3 is 10.0 Å². The molecule has 1 unspecified atom stereocenters. The summed E-state index contributed by atoms with van der Waals surface area (Å²) < 4.78 is 0. The van der Waals surface area contributed by atoms with E-state index in [2.05, 4.69) is 6.92 Å². The largest absolute Gasteiger partial charge is 0.481 e. The number of rotatable bonds is 3. The number of hydrogen-bond donors (Lipinski definition) is 1. The van der Waals surface area contributed by atoms with Gasteiger partial charge in [0.25, 0.3) is 0 Å². The fraction of sp³-hybridized carbons (Fsp3) is 0.882. The van der Waals surface area contributed by atoms with E-state index in [-0.39, 0.29) is 17.3 Å². The minimum Gasteiger partial charge on any atom is -0.481 e. The third-order valence-electron chi connectivity index (χ3n) is 6.33. The molecule has 1 heterocycles. The molecule has 1 spiro atoms. The summed E-state index contributed by atoms with van der Waals surface area (Å²) in [6, 6.07) is 0. The van der Waals surface area contributed by atoms with Crippen LogP contribution in [-0.4, -0.2) is 35.0 Å². The molecule has 1 N–H and O–H groups in total. The van der Waals surface area contributed by atoms with E-state index in [1.165, 1.54) is 19.3 Å². The van der Waals surface area contributed by atoms with Crippen LogP contribution in [0.15, 0.2) is 0 Å². The monoisotopic (exact) mass is 293 g/mol. The van der Waals surface area contributed by atoms with Crippen molar-refractivity contribution in [2.75, 3.05) is 13.1 Å². The Bertz CT molecular complexity index is 418. The first kappa shape index (κ1) is 14.9.